The molecule has 4 rings (SSSR count). The van der Waals surface area contributed by atoms with Crippen LogP contribution in [0.4, 0.5) is 28.4 Å². The van der Waals surface area contributed by atoms with E-state index in [1.807, 2.05) is 6.92 Å². The van der Waals surface area contributed by atoms with E-state index in [1.165, 1.54) is 20.3 Å². The summed E-state index contributed by atoms with van der Waals surface area (Å²) >= 11 is -2.91. The zero-order chi connectivity index (χ0) is 35.6. The third-order valence-corrected chi connectivity index (χ3v) is 11.4. The number of anilines is 1. The molecule has 0 amide bonds. The highest BCUT2D eigenvalue weighted by Gasteiger charge is 2.33. The molecule has 0 heterocycles. The van der Waals surface area contributed by atoms with Crippen molar-refractivity contribution in [1.82, 2.24) is 0 Å². The number of hydrogen-bond acceptors (Lipinski definition) is 15. The van der Waals surface area contributed by atoms with Crippen molar-refractivity contribution in [1.29, 1.82) is 0 Å². The smallest absolute Gasteiger partial charge is 0.296 e. The van der Waals surface area contributed by atoms with Crippen LogP contribution in [0.2, 0.25) is 0 Å². The van der Waals surface area contributed by atoms with Crippen LogP contribution in [0.15, 0.2) is 78.8 Å². The number of benzene rings is 4. The molecule has 4 aromatic rings. The number of nitrogen functional groups attached to an aromatic ring is 1. The van der Waals surface area contributed by atoms with Crippen LogP contribution < -0.4 is 15.2 Å². The predicted octanol–water partition coefficient (Wildman–Crippen LogP) is 5.65. The van der Waals surface area contributed by atoms with Crippen LogP contribution in [0, 0.1) is 13.8 Å². The van der Waals surface area contributed by atoms with Gasteiger partial charge in [0, 0.05) is 6.07 Å². The van der Waals surface area contributed by atoms with E-state index in [-0.39, 0.29) is 27.8 Å². The summed E-state index contributed by atoms with van der Waals surface area (Å²) in [7, 11) is -6.46. The summed E-state index contributed by atoms with van der Waals surface area (Å²) in [4.78, 5) is 2.60. The van der Waals surface area contributed by atoms with Crippen molar-refractivity contribution in [3.63, 3.8) is 0 Å². The van der Waals surface area contributed by atoms with Gasteiger partial charge in [-0.15, -0.1) is 15.3 Å². The Kier molecular flexibility index (Phi) is 10.8. The van der Waals surface area contributed by atoms with Crippen molar-refractivity contribution in [3.8, 4) is 17.2 Å². The molecule has 0 saturated carbocycles. The largest absolute Gasteiger partial charge is 0.505 e. The van der Waals surface area contributed by atoms with Gasteiger partial charge >= 0.3 is 0 Å². The first kappa shape index (κ1) is 36.3. The number of ether oxygens (including phenoxy) is 2. The average Bonchev–Trinajstić information content (AvgIpc) is 3.02. The fourth-order valence-corrected chi connectivity index (χ4v) is 7.70. The highest BCUT2D eigenvalue weighted by atomic mass is 32.3. The summed E-state index contributed by atoms with van der Waals surface area (Å²) in [5.41, 5.74) is 6.74. The number of aryl methyl sites for hydroxylation is 2. The van der Waals surface area contributed by atoms with Crippen LogP contribution in [0.5, 0.6) is 17.2 Å². The summed E-state index contributed by atoms with van der Waals surface area (Å²) in [5.74, 6) is 0.405. The number of phenolic OH excluding ortho intramolecular Hbond substituents is 1. The van der Waals surface area contributed by atoms with Crippen LogP contribution in [0.25, 0.3) is 10.8 Å². The number of rotatable bonds is 12. The van der Waals surface area contributed by atoms with E-state index in [0.29, 0.717) is 17.1 Å². The highest BCUT2D eigenvalue weighted by molar-refractivity contribution is 8.04. The fraction of sp³-hybridized carbons (Fsp3) is 0.214. The van der Waals surface area contributed by atoms with E-state index in [4.69, 9.17) is 20.5 Å². The van der Waals surface area contributed by atoms with Gasteiger partial charge in [-0.2, -0.15) is 13.5 Å². The van der Waals surface area contributed by atoms with Gasteiger partial charge in [0.15, 0.2) is 31.2 Å². The Labute approximate surface area is 276 Å². The molecule has 0 spiro atoms. The molecular formula is C28H29N5O12S3. The van der Waals surface area contributed by atoms with Crippen molar-refractivity contribution >= 4 is 70.2 Å². The van der Waals surface area contributed by atoms with Gasteiger partial charge in [-0.1, -0.05) is 0 Å². The number of methoxy groups -OCH3 is 2. The number of fused-ring (bicyclic) bond motifs is 1. The van der Waals surface area contributed by atoms with E-state index >= 15 is 0 Å². The normalized spacial score (nSPS) is 13.7. The fourth-order valence-electron chi connectivity index (χ4n) is 4.59. The zero-order valence-electron chi connectivity index (χ0n) is 25.5. The van der Waals surface area contributed by atoms with Crippen molar-refractivity contribution < 1.29 is 54.9 Å². The Morgan fingerprint density at radius 1 is 0.875 bits per heavy atom. The quantitative estimate of drug-likeness (QED) is 0.0296. The van der Waals surface area contributed by atoms with E-state index in [1.54, 1.807) is 19.1 Å². The summed E-state index contributed by atoms with van der Waals surface area (Å²) in [5, 5.41) is 36.1. The molecule has 0 aliphatic heterocycles. The number of hydrogen-bond donors (Lipinski definition) is 5. The Morgan fingerprint density at radius 3 is 2.06 bits per heavy atom. The number of nitrogens with two attached hydrogens (primary N) is 1. The SMILES string of the molecule is COc1cc(N=Nc2c(C)cc3cc(S(=O)(=O)O)c(N=Nc4ccc(S(=O)(=O)C(COO)S(=O)O)cc4)c(N)c3c2O)c(OC)cc1C. The molecule has 4 aromatic carbocycles. The molecule has 0 radical (unpaired) electrons. The molecule has 0 aromatic heterocycles. The zero-order valence-corrected chi connectivity index (χ0v) is 28.0. The lowest BCUT2D eigenvalue weighted by Gasteiger charge is -2.14. The Hall–Kier alpha value is -4.57. The average molecular weight is 724 g/mol. The van der Waals surface area contributed by atoms with Crippen LogP contribution in [-0.2, 0) is 35.9 Å². The lowest BCUT2D eigenvalue weighted by Crippen LogP contribution is -2.30. The van der Waals surface area contributed by atoms with Gasteiger partial charge in [0.05, 0.1) is 35.9 Å². The standard InChI is InChI=1S/C28H29N5O12S3/c1-14-10-21(44-4)19(12-20(14)43-3)31-32-26-15(2)9-16-11-22(48(40,41)42)27(25(29)24(16)28(26)34)33-30-17-5-7-18(8-6-17)47(38,39)23(13-45-35)46(36)37/h5-12,23,34-35H,13,29H2,1-4H3,(H,36,37)(H,40,41,42). The second kappa shape index (κ2) is 14.3. The minimum atomic E-state index is -4.95. The van der Waals surface area contributed by atoms with E-state index in [9.17, 15) is 35.3 Å². The van der Waals surface area contributed by atoms with Crippen molar-refractivity contribution in [3.05, 3.63) is 59.7 Å². The van der Waals surface area contributed by atoms with Gasteiger partial charge in [0.1, 0.15) is 40.1 Å². The second-order valence-corrected chi connectivity index (χ2v) is 15.0. The topological polar surface area (TPSA) is 269 Å². The summed E-state index contributed by atoms with van der Waals surface area (Å²) in [6.07, 6.45) is 0. The minimum absolute atomic E-state index is 0.0243. The molecule has 17 nitrogen and oxygen atoms in total. The molecule has 0 saturated heterocycles. The first-order valence-corrected chi connectivity index (χ1v) is 17.5. The third-order valence-electron chi connectivity index (χ3n) is 6.98. The lowest BCUT2D eigenvalue weighted by molar-refractivity contribution is -0.238. The maximum Gasteiger partial charge on any atom is 0.296 e. The van der Waals surface area contributed by atoms with Gasteiger partial charge < -0.3 is 24.9 Å². The number of phenols is 1. The van der Waals surface area contributed by atoms with E-state index < -0.39 is 69.1 Å². The van der Waals surface area contributed by atoms with Crippen LogP contribution in [-0.4, -0.2) is 65.9 Å². The second-order valence-electron chi connectivity index (χ2n) is 10.0. The Bertz CT molecular complexity index is 2190. The summed E-state index contributed by atoms with van der Waals surface area (Å²) in [6, 6.07) is 10.1. The number of aromatic hydroxyl groups is 1. The maximum absolute atomic E-state index is 12.7. The van der Waals surface area contributed by atoms with Gasteiger partial charge in [0.25, 0.3) is 10.1 Å². The van der Waals surface area contributed by atoms with Crippen LogP contribution >= 0.6 is 0 Å². The van der Waals surface area contributed by atoms with Crippen molar-refractivity contribution in [2.45, 2.75) is 28.2 Å². The first-order valence-electron chi connectivity index (χ1n) is 13.4. The molecule has 256 valence electrons. The molecule has 20 heteroatoms. The number of nitrogens with zero attached hydrogens (tertiary/aromatic N) is 4. The van der Waals surface area contributed by atoms with Gasteiger partial charge in [-0.05, 0) is 72.8 Å². The van der Waals surface area contributed by atoms with Crippen LogP contribution in [0.1, 0.15) is 11.1 Å². The number of sulfone groups is 1. The van der Waals surface area contributed by atoms with Gasteiger partial charge in [-0.3, -0.25) is 9.81 Å². The highest BCUT2D eigenvalue weighted by Crippen LogP contribution is 2.47. The molecule has 6 N–H and O–H groups in total. The predicted molar refractivity (Wildman–Crippen MR) is 174 cm³/mol. The molecular weight excluding hydrogens is 695 g/mol. The molecule has 0 aliphatic carbocycles. The van der Waals surface area contributed by atoms with Crippen molar-refractivity contribution in [2.24, 2.45) is 20.5 Å². The molecule has 2 atom stereocenters. The Balaban J connectivity index is 1.82. The summed E-state index contributed by atoms with van der Waals surface area (Å²) in [6.45, 7) is 2.42. The molecule has 0 aliphatic rings. The number of azo groups is 2. The summed E-state index contributed by atoms with van der Waals surface area (Å²) < 4.78 is 89.7. The Morgan fingerprint density at radius 2 is 1.50 bits per heavy atom. The minimum Gasteiger partial charge on any atom is -0.505 e. The van der Waals surface area contributed by atoms with Crippen molar-refractivity contribution in [2.75, 3.05) is 26.6 Å². The molecule has 48 heavy (non-hydrogen) atoms. The van der Waals surface area contributed by atoms with E-state index in [2.05, 4.69) is 25.3 Å². The monoisotopic (exact) mass is 723 g/mol. The van der Waals surface area contributed by atoms with E-state index in [0.717, 1.165) is 35.9 Å². The maximum atomic E-state index is 12.7. The third kappa shape index (κ3) is 7.28. The van der Waals surface area contributed by atoms with Gasteiger partial charge in [0.2, 0.25) is 0 Å². The molecule has 2 unspecified atom stereocenters. The molecule has 0 fully saturated rings. The van der Waals surface area contributed by atoms with Gasteiger partial charge in [-0.25, -0.2) is 17.5 Å². The lowest BCUT2D eigenvalue weighted by atomic mass is 10.0. The van der Waals surface area contributed by atoms with Crippen LogP contribution in [0.3, 0.4) is 0 Å². The first-order chi connectivity index (χ1) is 22.5. The molecule has 0 bridgehead atoms.